The molecule has 0 aliphatic rings. The smallest absolute Gasteiger partial charge is 0.427 e. The van der Waals surface area contributed by atoms with Gasteiger partial charge in [0.2, 0.25) is 5.01 Å². The Labute approximate surface area is 229 Å². The maximum Gasteiger partial charge on any atom is 0.454 e. The molecule has 40 heavy (non-hydrogen) atoms. The summed E-state index contributed by atoms with van der Waals surface area (Å²) in [5.41, 5.74) is 1.78. The van der Waals surface area contributed by atoms with Gasteiger partial charge >= 0.3 is 6.11 Å². The zero-order valence-electron chi connectivity index (χ0n) is 20.0. The Kier molecular flexibility index (Phi) is 6.26. The van der Waals surface area contributed by atoms with Crippen LogP contribution >= 0.6 is 22.7 Å². The van der Waals surface area contributed by atoms with E-state index in [1.807, 2.05) is 25.1 Å². The molecular weight excluding hydrogens is 577 g/mol. The number of benzene rings is 4. The predicted molar refractivity (Wildman–Crippen MR) is 139 cm³/mol. The van der Waals surface area contributed by atoms with Gasteiger partial charge in [0.05, 0.1) is 26.0 Å². The Morgan fingerprint density at radius 1 is 0.675 bits per heavy atom. The van der Waals surface area contributed by atoms with Crippen LogP contribution in [0.25, 0.3) is 42.1 Å². The summed E-state index contributed by atoms with van der Waals surface area (Å²) in [4.78, 5) is 8.25. The van der Waals surface area contributed by atoms with Crippen LogP contribution in [0.1, 0.15) is 10.6 Å². The van der Waals surface area contributed by atoms with Crippen molar-refractivity contribution in [3.63, 3.8) is 0 Å². The van der Waals surface area contributed by atoms with E-state index in [2.05, 4.69) is 14.7 Å². The summed E-state index contributed by atoms with van der Waals surface area (Å²) in [6.45, 7) is 1.93. The molecule has 0 saturated heterocycles. The van der Waals surface area contributed by atoms with Gasteiger partial charge < -0.3 is 4.74 Å². The first-order valence-electron chi connectivity index (χ1n) is 11.5. The van der Waals surface area contributed by atoms with Crippen molar-refractivity contribution in [2.75, 3.05) is 0 Å². The molecule has 0 bridgehead atoms. The molecule has 0 aliphatic carbocycles. The summed E-state index contributed by atoms with van der Waals surface area (Å²) in [6, 6.07) is 12.5. The summed E-state index contributed by atoms with van der Waals surface area (Å²) in [7, 11) is 0. The van der Waals surface area contributed by atoms with Crippen LogP contribution in [0.2, 0.25) is 0 Å². The lowest BCUT2D eigenvalue weighted by molar-refractivity contribution is -0.185. The summed E-state index contributed by atoms with van der Waals surface area (Å²) < 4.78 is 105. The normalized spacial score (nSPS) is 12.0. The summed E-state index contributed by atoms with van der Waals surface area (Å²) in [5, 5.41) is -0.442. The van der Waals surface area contributed by atoms with Gasteiger partial charge in [0.1, 0.15) is 22.4 Å². The highest BCUT2D eigenvalue weighted by Crippen LogP contribution is 2.40. The van der Waals surface area contributed by atoms with Crippen molar-refractivity contribution in [1.29, 1.82) is 0 Å². The highest BCUT2D eigenvalue weighted by atomic mass is 32.1. The molecule has 0 atom stereocenters. The van der Waals surface area contributed by atoms with Crippen molar-refractivity contribution in [2.24, 2.45) is 0 Å². The van der Waals surface area contributed by atoms with Crippen LogP contribution in [0.15, 0.2) is 60.7 Å². The number of aryl methyl sites for hydroxylation is 1. The number of aromatic nitrogens is 2. The first kappa shape index (κ1) is 26.2. The molecule has 0 radical (unpaired) electrons. The van der Waals surface area contributed by atoms with Crippen LogP contribution in [-0.4, -0.2) is 9.97 Å². The fourth-order valence-corrected chi connectivity index (χ4v) is 6.08. The van der Waals surface area contributed by atoms with Crippen molar-refractivity contribution >= 4 is 43.1 Å². The molecule has 0 fully saturated rings. The molecule has 0 aliphatic heterocycles. The van der Waals surface area contributed by atoms with Crippen LogP contribution in [0, 0.1) is 36.0 Å². The Hall–Kier alpha value is -4.03. The average Bonchev–Trinajstić information content (AvgIpc) is 3.51. The van der Waals surface area contributed by atoms with E-state index in [0.717, 1.165) is 22.4 Å². The number of thiazole rings is 2. The van der Waals surface area contributed by atoms with Crippen LogP contribution in [0.4, 0.5) is 30.7 Å². The molecule has 0 saturated carbocycles. The van der Waals surface area contributed by atoms with Crippen molar-refractivity contribution in [2.45, 2.75) is 13.0 Å². The zero-order valence-corrected chi connectivity index (χ0v) is 21.7. The van der Waals surface area contributed by atoms with Gasteiger partial charge in [0.25, 0.3) is 0 Å². The molecule has 6 aromatic rings. The lowest BCUT2D eigenvalue weighted by Crippen LogP contribution is -2.21. The van der Waals surface area contributed by atoms with E-state index in [9.17, 15) is 22.0 Å². The first-order chi connectivity index (χ1) is 19.0. The molecule has 3 nitrogen and oxygen atoms in total. The Morgan fingerprint density at radius 2 is 1.30 bits per heavy atom. The van der Waals surface area contributed by atoms with Crippen molar-refractivity contribution in [1.82, 2.24) is 9.97 Å². The molecule has 202 valence electrons. The summed E-state index contributed by atoms with van der Waals surface area (Å²) in [5.74, 6) is -7.92. The van der Waals surface area contributed by atoms with Crippen molar-refractivity contribution in [3.8, 4) is 27.4 Å². The second kappa shape index (κ2) is 9.56. The average molecular weight is 591 g/mol. The van der Waals surface area contributed by atoms with Gasteiger partial charge in [-0.3, -0.25) is 0 Å². The molecule has 0 N–H and O–H groups in total. The van der Waals surface area contributed by atoms with E-state index >= 15 is 8.78 Å². The fraction of sp³-hybridized carbons (Fsp3) is 0.0714. The molecule has 6 rings (SSSR count). The largest absolute Gasteiger partial charge is 0.454 e. The number of fused-ring (bicyclic) bond motifs is 2. The SMILES string of the molecule is Cc1ccc2nc(-c3cc(F)c(-c4ccc5nc(C(F)(F)Oc6cc(F)c(F)c(F)c6)sc5c4)c(F)c3)sc2c1. The molecule has 4 aromatic carbocycles. The van der Waals surface area contributed by atoms with Crippen molar-refractivity contribution < 1.29 is 35.5 Å². The molecule has 0 unspecified atom stereocenters. The van der Waals surface area contributed by atoms with Crippen LogP contribution < -0.4 is 4.74 Å². The quantitative estimate of drug-likeness (QED) is 0.148. The summed E-state index contributed by atoms with van der Waals surface area (Å²) >= 11 is 1.76. The third-order valence-electron chi connectivity index (χ3n) is 5.96. The molecule has 12 heteroatoms. The summed E-state index contributed by atoms with van der Waals surface area (Å²) in [6.07, 6.45) is -4.14. The topological polar surface area (TPSA) is 35.0 Å². The molecular formula is C28H13F7N2OS2. The van der Waals surface area contributed by atoms with E-state index in [0.29, 0.717) is 21.9 Å². The van der Waals surface area contributed by atoms with E-state index in [1.54, 1.807) is 0 Å². The maximum atomic E-state index is 15.2. The standard InChI is InChI=1S/C28H13F7N2OS2/c1-12-2-4-20-22(6-12)39-26(36-20)14-7-16(29)24(17(30)8-14)13-3-5-21-23(9-13)40-27(37-21)28(34,35)38-15-10-18(31)25(33)19(32)11-15/h2-11H,1H3. The third kappa shape index (κ3) is 4.66. The zero-order chi connectivity index (χ0) is 28.3. The van der Waals surface area contributed by atoms with Crippen LogP contribution in [0.3, 0.4) is 0 Å². The highest BCUT2D eigenvalue weighted by Gasteiger charge is 2.39. The van der Waals surface area contributed by atoms with Gasteiger partial charge in [0.15, 0.2) is 17.5 Å². The van der Waals surface area contributed by atoms with E-state index in [-0.39, 0.29) is 39.0 Å². The van der Waals surface area contributed by atoms with E-state index in [1.165, 1.54) is 29.5 Å². The number of hydrogen-bond donors (Lipinski definition) is 0. The number of nitrogens with zero attached hydrogens (tertiary/aromatic N) is 2. The molecule has 2 aromatic heterocycles. The van der Waals surface area contributed by atoms with Crippen LogP contribution in [0.5, 0.6) is 5.75 Å². The number of rotatable bonds is 5. The highest BCUT2D eigenvalue weighted by molar-refractivity contribution is 7.21. The second-order valence-corrected chi connectivity index (χ2v) is 10.9. The van der Waals surface area contributed by atoms with Gasteiger partial charge in [0, 0.05) is 17.7 Å². The Morgan fingerprint density at radius 3 is 2.00 bits per heavy atom. The number of ether oxygens (including phenoxy) is 1. The van der Waals surface area contributed by atoms with E-state index < -0.39 is 46.0 Å². The maximum absolute atomic E-state index is 15.2. The predicted octanol–water partition coefficient (Wildman–Crippen LogP) is 9.37. The van der Waals surface area contributed by atoms with E-state index in [4.69, 9.17) is 0 Å². The first-order valence-corrected chi connectivity index (χ1v) is 13.1. The lowest BCUT2D eigenvalue weighted by atomic mass is 10.0. The van der Waals surface area contributed by atoms with Crippen molar-refractivity contribution in [3.05, 3.63) is 100 Å². The lowest BCUT2D eigenvalue weighted by Gasteiger charge is -2.15. The van der Waals surface area contributed by atoms with Gasteiger partial charge in [-0.1, -0.05) is 12.1 Å². The Bertz CT molecular complexity index is 1900. The van der Waals surface area contributed by atoms with Gasteiger partial charge in [-0.15, -0.1) is 22.7 Å². The Balaban J connectivity index is 1.33. The minimum atomic E-state index is -4.14. The second-order valence-electron chi connectivity index (χ2n) is 8.83. The van der Waals surface area contributed by atoms with Gasteiger partial charge in [-0.2, -0.15) is 8.78 Å². The number of alkyl halides is 2. The van der Waals surface area contributed by atoms with Crippen LogP contribution in [-0.2, 0) is 6.11 Å². The molecule has 2 heterocycles. The van der Waals surface area contributed by atoms with Gasteiger partial charge in [-0.05, 0) is 54.4 Å². The third-order valence-corrected chi connectivity index (χ3v) is 8.10. The molecule has 0 spiro atoms. The number of hydrogen-bond acceptors (Lipinski definition) is 5. The number of halogens is 7. The minimum Gasteiger partial charge on any atom is -0.427 e. The molecule has 0 amide bonds. The monoisotopic (exact) mass is 590 g/mol. The van der Waals surface area contributed by atoms with Gasteiger partial charge in [-0.25, -0.2) is 31.9 Å². The minimum absolute atomic E-state index is 0.0747. The fourth-order valence-electron chi connectivity index (χ4n) is 4.12.